The molecule has 0 radical (unpaired) electrons. The third-order valence-electron chi connectivity index (χ3n) is 4.54. The third kappa shape index (κ3) is 7.62. The van der Waals surface area contributed by atoms with Crippen molar-refractivity contribution in [3.8, 4) is 0 Å². The first-order valence-electron chi connectivity index (χ1n) is 9.37. The van der Waals surface area contributed by atoms with Crippen molar-refractivity contribution in [2.24, 2.45) is 17.8 Å². The zero-order chi connectivity index (χ0) is 16.6. The van der Waals surface area contributed by atoms with Crippen molar-refractivity contribution in [3.05, 3.63) is 35.9 Å². The van der Waals surface area contributed by atoms with E-state index in [1.165, 1.54) is 42.6 Å². The van der Waals surface area contributed by atoms with E-state index in [1.54, 1.807) is 0 Å². The summed E-state index contributed by atoms with van der Waals surface area (Å²) in [4.78, 5) is 0. The van der Waals surface area contributed by atoms with Crippen molar-refractivity contribution >= 4 is 8.07 Å². The monoisotopic (exact) mass is 318 g/mol. The van der Waals surface area contributed by atoms with Crippen molar-refractivity contribution in [1.29, 1.82) is 0 Å². The Morgan fingerprint density at radius 1 is 0.727 bits per heavy atom. The van der Waals surface area contributed by atoms with Gasteiger partial charge in [0.15, 0.2) is 0 Å². The van der Waals surface area contributed by atoms with E-state index in [2.05, 4.69) is 71.9 Å². The van der Waals surface area contributed by atoms with Crippen molar-refractivity contribution < 1.29 is 0 Å². The van der Waals surface area contributed by atoms with Crippen LogP contribution in [-0.2, 0) is 6.42 Å². The van der Waals surface area contributed by atoms with E-state index in [-0.39, 0.29) is 0 Å². The molecule has 1 aromatic rings. The molecular formula is C21H38Si. The normalized spacial score (nSPS) is 12.6. The van der Waals surface area contributed by atoms with Crippen molar-refractivity contribution in [2.75, 3.05) is 0 Å². The SMILES string of the molecule is CC(C)C[Si](CCCc1ccccc1)(CC(C)C)CC(C)C. The molecule has 0 bridgehead atoms. The largest absolute Gasteiger partial charge is 0.0630 e. The summed E-state index contributed by atoms with van der Waals surface area (Å²) in [6, 6.07) is 17.2. The van der Waals surface area contributed by atoms with Crippen LogP contribution in [0.15, 0.2) is 30.3 Å². The number of hydrogen-bond acceptors (Lipinski definition) is 0. The Labute approximate surface area is 140 Å². The Morgan fingerprint density at radius 3 is 1.59 bits per heavy atom. The quantitative estimate of drug-likeness (QED) is 0.406. The van der Waals surface area contributed by atoms with Crippen LogP contribution in [0.1, 0.15) is 53.5 Å². The van der Waals surface area contributed by atoms with Gasteiger partial charge in [0, 0.05) is 0 Å². The Balaban J connectivity index is 2.73. The summed E-state index contributed by atoms with van der Waals surface area (Å²) in [5, 5.41) is 0. The summed E-state index contributed by atoms with van der Waals surface area (Å²) < 4.78 is 0. The summed E-state index contributed by atoms with van der Waals surface area (Å²) in [6.07, 6.45) is 2.66. The molecule has 0 heterocycles. The highest BCUT2D eigenvalue weighted by atomic mass is 28.3. The van der Waals surface area contributed by atoms with Crippen LogP contribution in [0.25, 0.3) is 0 Å². The predicted molar refractivity (Wildman–Crippen MR) is 104 cm³/mol. The second-order valence-electron chi connectivity index (χ2n) is 8.63. The van der Waals surface area contributed by atoms with Crippen LogP contribution in [0.2, 0.25) is 24.2 Å². The van der Waals surface area contributed by atoms with Gasteiger partial charge >= 0.3 is 0 Å². The van der Waals surface area contributed by atoms with Gasteiger partial charge in [-0.1, -0.05) is 102 Å². The third-order valence-corrected chi connectivity index (χ3v) is 11.0. The Bertz CT molecular complexity index is 365. The molecule has 0 aliphatic rings. The Kier molecular flexibility index (Phi) is 8.46. The van der Waals surface area contributed by atoms with Crippen LogP contribution in [0.3, 0.4) is 0 Å². The van der Waals surface area contributed by atoms with Crippen LogP contribution in [0.4, 0.5) is 0 Å². The number of aryl methyl sites for hydroxylation is 1. The van der Waals surface area contributed by atoms with Crippen LogP contribution in [-0.4, -0.2) is 8.07 Å². The maximum Gasteiger partial charge on any atom is 0.0543 e. The lowest BCUT2D eigenvalue weighted by Gasteiger charge is -2.37. The van der Waals surface area contributed by atoms with Gasteiger partial charge in [0.1, 0.15) is 0 Å². The lowest BCUT2D eigenvalue weighted by atomic mass is 10.1. The number of benzene rings is 1. The molecule has 0 aliphatic heterocycles. The molecule has 1 rings (SSSR count). The molecule has 0 nitrogen and oxygen atoms in total. The Morgan fingerprint density at radius 2 is 1.18 bits per heavy atom. The molecule has 0 atom stereocenters. The van der Waals surface area contributed by atoms with Gasteiger partial charge in [0.05, 0.1) is 8.07 Å². The van der Waals surface area contributed by atoms with E-state index in [0.717, 1.165) is 17.8 Å². The van der Waals surface area contributed by atoms with Crippen LogP contribution in [0.5, 0.6) is 0 Å². The van der Waals surface area contributed by atoms with Gasteiger partial charge in [-0.05, 0) is 29.7 Å². The molecule has 0 aromatic heterocycles. The van der Waals surface area contributed by atoms with E-state index in [1.807, 2.05) is 0 Å². The van der Waals surface area contributed by atoms with Crippen molar-refractivity contribution in [3.63, 3.8) is 0 Å². The smallest absolute Gasteiger partial charge is 0.0543 e. The minimum Gasteiger partial charge on any atom is -0.0630 e. The summed E-state index contributed by atoms with van der Waals surface area (Å²) in [5.74, 6) is 2.59. The van der Waals surface area contributed by atoms with Crippen molar-refractivity contribution in [1.82, 2.24) is 0 Å². The zero-order valence-electron chi connectivity index (χ0n) is 15.9. The maximum absolute atomic E-state index is 2.43. The molecule has 0 fully saturated rings. The zero-order valence-corrected chi connectivity index (χ0v) is 16.9. The van der Waals surface area contributed by atoms with E-state index < -0.39 is 8.07 Å². The lowest BCUT2D eigenvalue weighted by Crippen LogP contribution is -2.38. The van der Waals surface area contributed by atoms with E-state index in [9.17, 15) is 0 Å². The topological polar surface area (TPSA) is 0 Å². The van der Waals surface area contributed by atoms with Crippen LogP contribution >= 0.6 is 0 Å². The van der Waals surface area contributed by atoms with Gasteiger partial charge in [-0.15, -0.1) is 0 Å². The van der Waals surface area contributed by atoms with Gasteiger partial charge in [-0.3, -0.25) is 0 Å². The fourth-order valence-electron chi connectivity index (χ4n) is 4.47. The molecule has 0 saturated carbocycles. The van der Waals surface area contributed by atoms with Gasteiger partial charge in [-0.25, -0.2) is 0 Å². The molecular weight excluding hydrogens is 280 g/mol. The Hall–Kier alpha value is -0.563. The molecule has 1 aromatic carbocycles. The second-order valence-corrected chi connectivity index (χ2v) is 13.4. The summed E-state index contributed by atoms with van der Waals surface area (Å²) in [5.41, 5.74) is 1.52. The molecule has 0 aliphatic carbocycles. The number of hydrogen-bond donors (Lipinski definition) is 0. The molecule has 1 heteroatoms. The minimum atomic E-state index is -1.14. The average molecular weight is 319 g/mol. The van der Waals surface area contributed by atoms with E-state index in [0.29, 0.717) is 0 Å². The van der Waals surface area contributed by atoms with Gasteiger partial charge in [-0.2, -0.15) is 0 Å². The van der Waals surface area contributed by atoms with E-state index in [4.69, 9.17) is 0 Å². The van der Waals surface area contributed by atoms with Crippen LogP contribution in [0, 0.1) is 17.8 Å². The fraction of sp³-hybridized carbons (Fsp3) is 0.714. The van der Waals surface area contributed by atoms with Gasteiger partial charge in [0.2, 0.25) is 0 Å². The highest BCUT2D eigenvalue weighted by Crippen LogP contribution is 2.36. The average Bonchev–Trinajstić information content (AvgIpc) is 2.37. The van der Waals surface area contributed by atoms with Gasteiger partial charge in [0.25, 0.3) is 0 Å². The number of rotatable bonds is 10. The molecule has 0 unspecified atom stereocenters. The fourth-order valence-corrected chi connectivity index (χ4v) is 11.7. The molecule has 0 amide bonds. The first-order valence-corrected chi connectivity index (χ1v) is 12.2. The second kappa shape index (κ2) is 9.55. The molecule has 126 valence electrons. The lowest BCUT2D eigenvalue weighted by molar-refractivity contribution is 0.633. The van der Waals surface area contributed by atoms with Gasteiger partial charge < -0.3 is 0 Å². The standard InChI is InChI=1S/C21H38Si/c1-18(2)15-22(16-19(3)4,17-20(5)6)14-10-13-21-11-8-7-9-12-21/h7-9,11-12,18-20H,10,13-17H2,1-6H3. The van der Waals surface area contributed by atoms with E-state index >= 15 is 0 Å². The summed E-state index contributed by atoms with van der Waals surface area (Å²) in [6.45, 7) is 14.6. The minimum absolute atomic E-state index is 0.862. The molecule has 0 spiro atoms. The molecule has 0 saturated heterocycles. The first kappa shape index (κ1) is 19.5. The highest BCUT2D eigenvalue weighted by molar-refractivity contribution is 6.80. The predicted octanol–water partition coefficient (Wildman–Crippen LogP) is 7.04. The molecule has 22 heavy (non-hydrogen) atoms. The first-order chi connectivity index (χ1) is 10.3. The van der Waals surface area contributed by atoms with Crippen LogP contribution < -0.4 is 0 Å². The summed E-state index contributed by atoms with van der Waals surface area (Å²) in [7, 11) is -1.14. The maximum atomic E-state index is 2.43. The highest BCUT2D eigenvalue weighted by Gasteiger charge is 2.34. The summed E-state index contributed by atoms with van der Waals surface area (Å²) >= 11 is 0. The van der Waals surface area contributed by atoms with Crippen molar-refractivity contribution in [2.45, 2.75) is 78.6 Å². The molecule has 0 N–H and O–H groups in total.